The monoisotopic (exact) mass is 337 g/mol. The number of aromatic amines is 1. The number of aryl methyl sites for hydroxylation is 1. The lowest BCUT2D eigenvalue weighted by molar-refractivity contribution is -0.0502. The van der Waals surface area contributed by atoms with E-state index in [2.05, 4.69) is 20.3 Å². The first-order valence-electron chi connectivity index (χ1n) is 7.51. The Hall–Kier alpha value is -2.64. The zero-order valence-electron chi connectivity index (χ0n) is 13.0. The molecular formula is C16H17F2N3O3. The van der Waals surface area contributed by atoms with E-state index in [9.17, 15) is 13.6 Å². The zero-order valence-corrected chi connectivity index (χ0v) is 13.0. The maximum Gasteiger partial charge on any atom is 0.387 e. The van der Waals surface area contributed by atoms with Crippen molar-refractivity contribution in [2.24, 2.45) is 0 Å². The van der Waals surface area contributed by atoms with Crippen LogP contribution >= 0.6 is 0 Å². The third kappa shape index (κ3) is 3.47. The van der Waals surface area contributed by atoms with Crippen molar-refractivity contribution in [1.29, 1.82) is 0 Å². The van der Waals surface area contributed by atoms with Crippen LogP contribution in [0.3, 0.4) is 0 Å². The van der Waals surface area contributed by atoms with Gasteiger partial charge >= 0.3 is 6.61 Å². The van der Waals surface area contributed by atoms with Crippen LogP contribution < -0.4 is 14.8 Å². The van der Waals surface area contributed by atoms with Crippen molar-refractivity contribution in [2.45, 2.75) is 31.9 Å². The minimum atomic E-state index is -3.02. The lowest BCUT2D eigenvalue weighted by Crippen LogP contribution is -2.38. The number of amides is 1. The van der Waals surface area contributed by atoms with Gasteiger partial charge in [-0.2, -0.15) is 13.9 Å². The van der Waals surface area contributed by atoms with Gasteiger partial charge < -0.3 is 14.8 Å². The van der Waals surface area contributed by atoms with Gasteiger partial charge in [0.15, 0.2) is 0 Å². The molecule has 0 bridgehead atoms. The Morgan fingerprint density at radius 1 is 1.46 bits per heavy atom. The van der Waals surface area contributed by atoms with E-state index in [0.717, 1.165) is 24.1 Å². The van der Waals surface area contributed by atoms with E-state index in [1.165, 1.54) is 25.3 Å². The highest BCUT2D eigenvalue weighted by molar-refractivity contribution is 5.97. The number of carbonyl (C=O) groups excluding carboxylic acids is 1. The summed E-state index contributed by atoms with van der Waals surface area (Å²) < 4.78 is 34.6. The van der Waals surface area contributed by atoms with Crippen LogP contribution in [0, 0.1) is 0 Å². The molecule has 0 unspecified atom stereocenters. The zero-order chi connectivity index (χ0) is 17.1. The predicted octanol–water partition coefficient (Wildman–Crippen LogP) is 2.31. The molecule has 1 amide bonds. The maximum atomic E-state index is 12.6. The molecular weight excluding hydrogens is 320 g/mol. The van der Waals surface area contributed by atoms with Gasteiger partial charge in [-0.05, 0) is 37.0 Å². The van der Waals surface area contributed by atoms with Crippen LogP contribution in [-0.4, -0.2) is 35.9 Å². The molecule has 1 aliphatic rings. The molecule has 0 spiro atoms. The number of ether oxygens (including phenoxy) is 2. The number of aromatic nitrogens is 2. The van der Waals surface area contributed by atoms with Crippen molar-refractivity contribution >= 4 is 5.91 Å². The summed E-state index contributed by atoms with van der Waals surface area (Å²) >= 11 is 0. The van der Waals surface area contributed by atoms with E-state index in [4.69, 9.17) is 4.74 Å². The number of carbonyl (C=O) groups is 1. The average molecular weight is 337 g/mol. The fourth-order valence-electron chi connectivity index (χ4n) is 2.81. The molecule has 0 aliphatic heterocycles. The predicted molar refractivity (Wildman–Crippen MR) is 81.5 cm³/mol. The third-order valence-electron chi connectivity index (χ3n) is 4.00. The second-order valence-corrected chi connectivity index (χ2v) is 5.53. The summed E-state index contributed by atoms with van der Waals surface area (Å²) in [7, 11) is 1.41. The highest BCUT2D eigenvalue weighted by Crippen LogP contribution is 2.27. The summed E-state index contributed by atoms with van der Waals surface area (Å²) in [6, 6.07) is 4.14. The van der Waals surface area contributed by atoms with Crippen molar-refractivity contribution in [1.82, 2.24) is 15.5 Å². The van der Waals surface area contributed by atoms with Crippen LogP contribution in [0.15, 0.2) is 24.4 Å². The molecule has 0 fully saturated rings. The van der Waals surface area contributed by atoms with E-state index < -0.39 is 12.5 Å². The number of hydrogen-bond acceptors (Lipinski definition) is 4. The first kappa shape index (κ1) is 16.2. The van der Waals surface area contributed by atoms with Gasteiger partial charge in [-0.15, -0.1) is 0 Å². The Kier molecular flexibility index (Phi) is 4.64. The van der Waals surface area contributed by atoms with Gasteiger partial charge in [0.25, 0.3) is 5.91 Å². The molecule has 1 aromatic carbocycles. The van der Waals surface area contributed by atoms with E-state index in [1.807, 2.05) is 0 Å². The number of alkyl halides is 2. The topological polar surface area (TPSA) is 76.2 Å². The SMILES string of the molecule is COc1ccc(C(=O)N[C@H]2CCc3[nH]ncc3C2)c(OC(F)F)c1. The Morgan fingerprint density at radius 2 is 2.29 bits per heavy atom. The molecule has 0 saturated heterocycles. The summed E-state index contributed by atoms with van der Waals surface area (Å²) in [6.45, 7) is -3.02. The number of fused-ring (bicyclic) bond motifs is 1. The number of H-pyrrole nitrogens is 1. The highest BCUT2D eigenvalue weighted by atomic mass is 19.3. The van der Waals surface area contributed by atoms with Crippen molar-refractivity contribution in [3.63, 3.8) is 0 Å². The van der Waals surface area contributed by atoms with Crippen LogP contribution in [0.5, 0.6) is 11.5 Å². The Labute approximate surface area is 137 Å². The minimum absolute atomic E-state index is 0.0501. The molecule has 2 N–H and O–H groups in total. The molecule has 24 heavy (non-hydrogen) atoms. The third-order valence-corrected chi connectivity index (χ3v) is 4.00. The van der Waals surface area contributed by atoms with E-state index in [0.29, 0.717) is 12.2 Å². The summed E-state index contributed by atoms with van der Waals surface area (Å²) in [4.78, 5) is 12.5. The molecule has 6 nitrogen and oxygen atoms in total. The number of nitrogens with one attached hydrogen (secondary N) is 2. The lowest BCUT2D eigenvalue weighted by Gasteiger charge is -2.23. The molecule has 1 aromatic heterocycles. The van der Waals surface area contributed by atoms with E-state index in [-0.39, 0.29) is 17.4 Å². The number of halogens is 2. The van der Waals surface area contributed by atoms with Crippen LogP contribution in [0.4, 0.5) is 8.78 Å². The van der Waals surface area contributed by atoms with Gasteiger partial charge in [-0.1, -0.05) is 0 Å². The first-order valence-corrected chi connectivity index (χ1v) is 7.51. The molecule has 1 atom stereocenters. The minimum Gasteiger partial charge on any atom is -0.497 e. The van der Waals surface area contributed by atoms with Crippen LogP contribution in [0.25, 0.3) is 0 Å². The number of benzene rings is 1. The molecule has 0 radical (unpaired) electrons. The number of rotatable bonds is 5. The second kappa shape index (κ2) is 6.86. The normalized spacial score (nSPS) is 16.6. The Balaban J connectivity index is 1.75. The Bertz CT molecular complexity index is 733. The largest absolute Gasteiger partial charge is 0.497 e. The quantitative estimate of drug-likeness (QED) is 0.878. The smallest absolute Gasteiger partial charge is 0.387 e. The van der Waals surface area contributed by atoms with Gasteiger partial charge in [-0.25, -0.2) is 0 Å². The molecule has 128 valence electrons. The van der Waals surface area contributed by atoms with Crippen molar-refractivity contribution in [3.8, 4) is 11.5 Å². The summed E-state index contributed by atoms with van der Waals surface area (Å²) in [6.07, 6.45) is 3.93. The van der Waals surface area contributed by atoms with Gasteiger partial charge in [0.2, 0.25) is 0 Å². The molecule has 2 aromatic rings. The van der Waals surface area contributed by atoms with Crippen molar-refractivity contribution < 1.29 is 23.0 Å². The lowest BCUT2D eigenvalue weighted by atomic mass is 9.93. The summed E-state index contributed by atoms with van der Waals surface area (Å²) in [5.41, 5.74) is 2.19. The van der Waals surface area contributed by atoms with Crippen LogP contribution in [0.2, 0.25) is 0 Å². The number of methoxy groups -OCH3 is 1. The fraction of sp³-hybridized carbons (Fsp3) is 0.375. The standard InChI is InChI=1S/C16H17F2N3O3/c1-23-11-3-4-12(14(7-11)24-16(17)18)15(22)20-10-2-5-13-9(6-10)8-19-21-13/h3-4,7-8,10,16H,2,5-6H2,1H3,(H,19,21)(H,20,22)/t10-/m0/s1. The number of hydrogen-bond donors (Lipinski definition) is 2. The van der Waals surface area contributed by atoms with E-state index in [1.54, 1.807) is 6.20 Å². The van der Waals surface area contributed by atoms with Gasteiger partial charge in [0.05, 0.1) is 18.9 Å². The highest BCUT2D eigenvalue weighted by Gasteiger charge is 2.24. The van der Waals surface area contributed by atoms with Gasteiger partial charge in [-0.3, -0.25) is 9.89 Å². The number of nitrogens with zero attached hydrogens (tertiary/aromatic N) is 1. The van der Waals surface area contributed by atoms with Crippen molar-refractivity contribution in [3.05, 3.63) is 41.2 Å². The fourth-order valence-corrected chi connectivity index (χ4v) is 2.81. The van der Waals surface area contributed by atoms with Gasteiger partial charge in [0.1, 0.15) is 11.5 Å². The first-order chi connectivity index (χ1) is 11.6. The molecule has 1 heterocycles. The van der Waals surface area contributed by atoms with Crippen LogP contribution in [-0.2, 0) is 12.8 Å². The average Bonchev–Trinajstić information content (AvgIpc) is 3.01. The summed E-state index contributed by atoms with van der Waals surface area (Å²) in [5.74, 6) is -0.324. The van der Waals surface area contributed by atoms with Gasteiger partial charge in [0, 0.05) is 17.8 Å². The maximum absolute atomic E-state index is 12.6. The van der Waals surface area contributed by atoms with E-state index >= 15 is 0 Å². The molecule has 3 rings (SSSR count). The summed E-state index contributed by atoms with van der Waals surface area (Å²) in [5, 5.41) is 9.78. The van der Waals surface area contributed by atoms with Crippen molar-refractivity contribution in [2.75, 3.05) is 7.11 Å². The molecule has 1 aliphatic carbocycles. The van der Waals surface area contributed by atoms with Crippen LogP contribution in [0.1, 0.15) is 28.0 Å². The molecule has 0 saturated carbocycles. The second-order valence-electron chi connectivity index (χ2n) is 5.53. The molecule has 8 heteroatoms. The Morgan fingerprint density at radius 3 is 3.04 bits per heavy atom.